The predicted octanol–water partition coefficient (Wildman–Crippen LogP) is 4.25. The van der Waals surface area contributed by atoms with Crippen molar-refractivity contribution in [2.45, 2.75) is 70.3 Å². The van der Waals surface area contributed by atoms with E-state index in [1.165, 1.54) is 23.1 Å². The Balaban J connectivity index is 1.65. The summed E-state index contributed by atoms with van der Waals surface area (Å²) in [5.41, 5.74) is 2.95. The summed E-state index contributed by atoms with van der Waals surface area (Å²) in [5, 5.41) is 9.03. The monoisotopic (exact) mass is 406 g/mol. The smallest absolute Gasteiger partial charge is 0.228 e. The molecule has 2 aromatic rings. The second-order valence-corrected chi connectivity index (χ2v) is 9.03. The number of hydrogen-bond donors (Lipinski definition) is 0. The third kappa shape index (κ3) is 4.43. The maximum atomic E-state index is 12.7. The number of aryl methyl sites for hydroxylation is 1. The molecule has 0 aliphatic heterocycles. The van der Waals surface area contributed by atoms with E-state index in [0.717, 1.165) is 47.1 Å². The fourth-order valence-corrected chi connectivity index (χ4v) is 5.00. The topological polar surface area (TPSA) is 68.1 Å². The highest BCUT2D eigenvalue weighted by Crippen LogP contribution is 2.36. The summed E-state index contributed by atoms with van der Waals surface area (Å²) in [7, 11) is 0. The van der Waals surface area contributed by atoms with Crippen molar-refractivity contribution in [1.29, 1.82) is 0 Å². The molecule has 0 radical (unpaired) electrons. The number of thioether (sulfide) groups is 1. The van der Waals surface area contributed by atoms with Crippen LogP contribution in [-0.2, 0) is 11.3 Å². The van der Waals surface area contributed by atoms with E-state index in [2.05, 4.69) is 21.7 Å². The number of Topliss-reactive ketones (excluding diaryl/α,β-unsaturated/α-hetero) is 1. The highest BCUT2D eigenvalue weighted by atomic mass is 32.2. The Kier molecular flexibility index (Phi) is 6.37. The van der Waals surface area contributed by atoms with Crippen LogP contribution in [0.1, 0.15) is 61.3 Å². The summed E-state index contributed by atoms with van der Waals surface area (Å²) in [5.74, 6) is 0.525. The summed E-state index contributed by atoms with van der Waals surface area (Å²) in [4.78, 5) is 26.6. The maximum Gasteiger partial charge on any atom is 0.228 e. The molecule has 2 aromatic heterocycles. The van der Waals surface area contributed by atoms with Gasteiger partial charge in [-0.2, -0.15) is 0 Å². The van der Waals surface area contributed by atoms with Crippen molar-refractivity contribution in [2.75, 3.05) is 10.7 Å². The standard InChI is InChI=1S/C19H26N4O2S2/c1-5-9-22-12(3)10-15(13(22)4)16(24)11-26-19-21-20-18(27-19)23(14-7-8-14)17(25)6-2/h10,14H,5-9,11H2,1-4H3. The number of anilines is 1. The molecule has 8 heteroatoms. The average Bonchev–Trinajstić information content (AvgIpc) is 3.31. The number of hydrogen-bond acceptors (Lipinski definition) is 6. The van der Waals surface area contributed by atoms with Crippen LogP contribution in [0.5, 0.6) is 0 Å². The fourth-order valence-electron chi connectivity index (χ4n) is 3.18. The van der Waals surface area contributed by atoms with Gasteiger partial charge < -0.3 is 4.57 Å². The van der Waals surface area contributed by atoms with Gasteiger partial charge in [-0.05, 0) is 39.2 Å². The average molecular weight is 407 g/mol. The van der Waals surface area contributed by atoms with Gasteiger partial charge >= 0.3 is 0 Å². The van der Waals surface area contributed by atoms with Gasteiger partial charge in [0.1, 0.15) is 0 Å². The van der Waals surface area contributed by atoms with Crippen LogP contribution < -0.4 is 4.90 Å². The first-order chi connectivity index (χ1) is 13.0. The molecule has 0 spiro atoms. The Bertz CT molecular complexity index is 839. The van der Waals surface area contributed by atoms with Crippen LogP contribution in [0.3, 0.4) is 0 Å². The van der Waals surface area contributed by atoms with E-state index in [4.69, 9.17) is 0 Å². The summed E-state index contributed by atoms with van der Waals surface area (Å²) in [6.07, 6.45) is 3.56. The van der Waals surface area contributed by atoms with E-state index in [0.29, 0.717) is 17.3 Å². The van der Waals surface area contributed by atoms with Crippen molar-refractivity contribution >= 4 is 39.9 Å². The SMILES string of the molecule is CCCn1c(C)cc(C(=O)CSc2nnc(N(C(=O)CC)C3CC3)s2)c1C. The van der Waals surface area contributed by atoms with Gasteiger partial charge in [0.2, 0.25) is 11.0 Å². The lowest BCUT2D eigenvalue weighted by Gasteiger charge is -2.17. The molecule has 1 amide bonds. The van der Waals surface area contributed by atoms with Crippen LogP contribution in [0.2, 0.25) is 0 Å². The molecule has 146 valence electrons. The minimum atomic E-state index is 0.0876. The molecule has 0 N–H and O–H groups in total. The molecule has 6 nitrogen and oxygen atoms in total. The molecule has 3 rings (SSSR count). The summed E-state index contributed by atoms with van der Waals surface area (Å²) >= 11 is 2.80. The molecular weight excluding hydrogens is 380 g/mol. The van der Waals surface area contributed by atoms with Crippen LogP contribution in [0.4, 0.5) is 5.13 Å². The molecule has 1 fully saturated rings. The Morgan fingerprint density at radius 2 is 2.04 bits per heavy atom. The molecule has 0 aromatic carbocycles. The molecule has 27 heavy (non-hydrogen) atoms. The van der Waals surface area contributed by atoms with E-state index < -0.39 is 0 Å². The Hall–Kier alpha value is -1.67. The first-order valence-corrected chi connectivity index (χ1v) is 11.2. The highest BCUT2D eigenvalue weighted by molar-refractivity contribution is 8.01. The van der Waals surface area contributed by atoms with E-state index in [-0.39, 0.29) is 17.7 Å². The van der Waals surface area contributed by atoms with Gasteiger partial charge in [0, 0.05) is 36.0 Å². The van der Waals surface area contributed by atoms with Gasteiger partial charge in [-0.25, -0.2) is 0 Å². The van der Waals surface area contributed by atoms with Gasteiger partial charge in [-0.1, -0.05) is 36.9 Å². The van der Waals surface area contributed by atoms with Crippen molar-refractivity contribution in [1.82, 2.24) is 14.8 Å². The summed E-state index contributed by atoms with van der Waals surface area (Å²) in [6.45, 7) is 8.98. The van der Waals surface area contributed by atoms with Crippen LogP contribution in [0.25, 0.3) is 0 Å². The van der Waals surface area contributed by atoms with Crippen LogP contribution in [0.15, 0.2) is 10.4 Å². The van der Waals surface area contributed by atoms with Crippen molar-refractivity contribution in [2.24, 2.45) is 0 Å². The van der Waals surface area contributed by atoms with Crippen LogP contribution in [-0.4, -0.2) is 38.2 Å². The van der Waals surface area contributed by atoms with Gasteiger partial charge in [0.15, 0.2) is 10.1 Å². The number of nitrogens with zero attached hydrogens (tertiary/aromatic N) is 4. The number of amides is 1. The lowest BCUT2D eigenvalue weighted by atomic mass is 10.2. The number of carbonyl (C=O) groups excluding carboxylic acids is 2. The predicted molar refractivity (Wildman–Crippen MR) is 110 cm³/mol. The lowest BCUT2D eigenvalue weighted by Crippen LogP contribution is -2.32. The Morgan fingerprint density at radius 3 is 2.67 bits per heavy atom. The molecule has 0 unspecified atom stereocenters. The highest BCUT2D eigenvalue weighted by Gasteiger charge is 2.35. The maximum absolute atomic E-state index is 12.7. The number of ketones is 1. The molecule has 0 saturated heterocycles. The third-order valence-corrected chi connectivity index (χ3v) is 6.79. The second-order valence-electron chi connectivity index (χ2n) is 6.85. The molecule has 1 aliphatic carbocycles. The van der Waals surface area contributed by atoms with Crippen LogP contribution in [0, 0.1) is 13.8 Å². The minimum Gasteiger partial charge on any atom is -0.348 e. The Morgan fingerprint density at radius 1 is 1.30 bits per heavy atom. The zero-order valence-electron chi connectivity index (χ0n) is 16.3. The summed E-state index contributed by atoms with van der Waals surface area (Å²) < 4.78 is 2.93. The molecular formula is C19H26N4O2S2. The van der Waals surface area contributed by atoms with E-state index in [1.807, 2.05) is 26.8 Å². The molecule has 0 bridgehead atoms. The first kappa shape index (κ1) is 20.1. The van der Waals surface area contributed by atoms with E-state index in [1.54, 1.807) is 4.90 Å². The van der Waals surface area contributed by atoms with E-state index >= 15 is 0 Å². The lowest BCUT2D eigenvalue weighted by molar-refractivity contribution is -0.118. The van der Waals surface area contributed by atoms with Crippen molar-refractivity contribution < 1.29 is 9.59 Å². The normalized spacial score (nSPS) is 13.8. The van der Waals surface area contributed by atoms with Crippen molar-refractivity contribution in [3.63, 3.8) is 0 Å². The van der Waals surface area contributed by atoms with Gasteiger partial charge in [0.25, 0.3) is 0 Å². The van der Waals surface area contributed by atoms with Crippen molar-refractivity contribution in [3.05, 3.63) is 23.0 Å². The van der Waals surface area contributed by atoms with Crippen molar-refractivity contribution in [3.8, 4) is 0 Å². The molecule has 1 saturated carbocycles. The second kappa shape index (κ2) is 8.56. The molecule has 2 heterocycles. The summed E-state index contributed by atoms with van der Waals surface area (Å²) in [6, 6.07) is 2.25. The Labute approximate surface area is 168 Å². The number of aromatic nitrogens is 3. The molecule has 0 atom stereocenters. The first-order valence-electron chi connectivity index (χ1n) is 9.44. The minimum absolute atomic E-state index is 0.0876. The third-order valence-electron chi connectivity index (χ3n) is 4.73. The quantitative estimate of drug-likeness (QED) is 0.354. The van der Waals surface area contributed by atoms with Gasteiger partial charge in [-0.3, -0.25) is 14.5 Å². The number of carbonyl (C=O) groups is 2. The largest absolute Gasteiger partial charge is 0.348 e. The van der Waals surface area contributed by atoms with Gasteiger partial charge in [-0.15, -0.1) is 10.2 Å². The zero-order valence-corrected chi connectivity index (χ0v) is 18.0. The fraction of sp³-hybridized carbons (Fsp3) is 0.579. The zero-order chi connectivity index (χ0) is 19.6. The van der Waals surface area contributed by atoms with E-state index in [9.17, 15) is 9.59 Å². The molecule has 1 aliphatic rings. The number of rotatable bonds is 9. The van der Waals surface area contributed by atoms with Gasteiger partial charge in [0.05, 0.1) is 5.75 Å². The van der Waals surface area contributed by atoms with Crippen LogP contribution >= 0.6 is 23.1 Å².